The number of ether oxygens (including phenoxy) is 4. The third-order valence-electron chi connectivity index (χ3n) is 4.19. The first-order chi connectivity index (χ1) is 15.4. The lowest BCUT2D eigenvalue weighted by molar-refractivity contribution is -0.126. The number of halogens is 1. The highest BCUT2D eigenvalue weighted by atomic mass is 35.5. The van der Waals surface area contributed by atoms with Gasteiger partial charge in [0.15, 0.2) is 17.3 Å². The van der Waals surface area contributed by atoms with Crippen LogP contribution < -0.4 is 24.3 Å². The van der Waals surface area contributed by atoms with Gasteiger partial charge in [-0.2, -0.15) is 10.2 Å². The summed E-state index contributed by atoms with van der Waals surface area (Å²) in [5, 5.41) is 11.0. The molecule has 0 aliphatic carbocycles. The Bertz CT molecular complexity index is 996. The van der Waals surface area contributed by atoms with Crippen LogP contribution in [0.1, 0.15) is 20.8 Å². The van der Waals surface area contributed by atoms with E-state index in [4.69, 9.17) is 30.5 Å². The van der Waals surface area contributed by atoms with E-state index < -0.39 is 17.7 Å². The maximum atomic E-state index is 12.9. The molecule has 0 aromatic heterocycles. The van der Waals surface area contributed by atoms with Crippen molar-refractivity contribution in [2.45, 2.75) is 26.8 Å². The molecule has 1 unspecified atom stereocenters. The van der Waals surface area contributed by atoms with Gasteiger partial charge in [0.2, 0.25) is 6.04 Å². The molecule has 0 aliphatic heterocycles. The number of azo groups is 1. The molecule has 1 amide bonds. The minimum Gasteiger partial charge on any atom is -0.493 e. The monoisotopic (exact) mass is 463 g/mol. The van der Waals surface area contributed by atoms with Gasteiger partial charge in [-0.1, -0.05) is 17.7 Å². The fraction of sp³-hybridized carbons (Fsp3) is 0.364. The Labute approximate surface area is 191 Å². The minimum absolute atomic E-state index is 0.296. The van der Waals surface area contributed by atoms with Gasteiger partial charge in [-0.3, -0.25) is 9.59 Å². The second-order valence-electron chi connectivity index (χ2n) is 6.38. The Kier molecular flexibility index (Phi) is 9.27. The van der Waals surface area contributed by atoms with Crippen molar-refractivity contribution in [3.05, 3.63) is 35.4 Å². The number of methoxy groups -OCH3 is 2. The Morgan fingerprint density at radius 1 is 1.03 bits per heavy atom. The number of rotatable bonds is 11. The third-order valence-corrected chi connectivity index (χ3v) is 4.48. The molecule has 9 nitrogen and oxygen atoms in total. The number of para-hydroxylation sites is 1. The molecule has 0 heterocycles. The van der Waals surface area contributed by atoms with E-state index in [0.717, 1.165) is 0 Å². The summed E-state index contributed by atoms with van der Waals surface area (Å²) in [6, 6.07) is 6.69. The van der Waals surface area contributed by atoms with Gasteiger partial charge in [-0.25, -0.2) is 0 Å². The quantitative estimate of drug-likeness (QED) is 0.377. The van der Waals surface area contributed by atoms with Gasteiger partial charge >= 0.3 is 0 Å². The first-order valence-corrected chi connectivity index (χ1v) is 10.3. The van der Waals surface area contributed by atoms with Gasteiger partial charge in [0.1, 0.15) is 17.2 Å². The first-order valence-electron chi connectivity index (χ1n) is 9.88. The van der Waals surface area contributed by atoms with E-state index in [1.807, 2.05) is 6.92 Å². The van der Waals surface area contributed by atoms with Crippen molar-refractivity contribution in [3.63, 3.8) is 0 Å². The smallest absolute Gasteiger partial charge is 0.258 e. The molecular formula is C22H26ClN3O6. The number of hydrogen-bond donors (Lipinski definition) is 1. The van der Waals surface area contributed by atoms with Crippen LogP contribution in [0.5, 0.6) is 23.0 Å². The maximum absolute atomic E-state index is 12.9. The lowest BCUT2D eigenvalue weighted by Crippen LogP contribution is -2.32. The highest BCUT2D eigenvalue weighted by Gasteiger charge is 2.25. The Morgan fingerprint density at radius 3 is 2.31 bits per heavy atom. The van der Waals surface area contributed by atoms with E-state index in [-0.39, 0.29) is 0 Å². The lowest BCUT2D eigenvalue weighted by atomic mass is 10.2. The number of amides is 1. The van der Waals surface area contributed by atoms with Gasteiger partial charge in [0.05, 0.1) is 38.1 Å². The molecule has 0 fully saturated rings. The zero-order chi connectivity index (χ0) is 23.7. The fourth-order valence-electron chi connectivity index (χ4n) is 2.76. The molecule has 0 saturated heterocycles. The van der Waals surface area contributed by atoms with E-state index in [1.54, 1.807) is 25.1 Å². The molecule has 0 aliphatic rings. The zero-order valence-corrected chi connectivity index (χ0v) is 19.4. The van der Waals surface area contributed by atoms with Crippen molar-refractivity contribution in [1.82, 2.24) is 0 Å². The maximum Gasteiger partial charge on any atom is 0.258 e. The van der Waals surface area contributed by atoms with Crippen molar-refractivity contribution < 1.29 is 28.5 Å². The SMILES string of the molecule is CCOc1cc(NC(=O)C(N=Nc2cccc(OC)c2OC)C(C)=O)c(OCC)cc1Cl. The van der Waals surface area contributed by atoms with Crippen LogP contribution in [0, 0.1) is 0 Å². The predicted molar refractivity (Wildman–Crippen MR) is 121 cm³/mol. The molecule has 2 aromatic carbocycles. The molecule has 172 valence electrons. The standard InChI is InChI=1S/C22H26ClN3O6/c1-6-31-18-12-16(19(32-7-2)11-14(18)23)24-22(28)20(13(3)27)26-25-15-9-8-10-17(29-4)21(15)30-5/h8-12,20H,6-7H2,1-5H3,(H,24,28). The van der Waals surface area contributed by atoms with E-state index in [1.165, 1.54) is 33.3 Å². The van der Waals surface area contributed by atoms with Crippen LogP contribution >= 0.6 is 11.6 Å². The number of benzene rings is 2. The van der Waals surface area contributed by atoms with Crippen LogP contribution in [-0.4, -0.2) is 45.2 Å². The molecule has 0 bridgehead atoms. The zero-order valence-electron chi connectivity index (χ0n) is 18.6. The number of anilines is 1. The van der Waals surface area contributed by atoms with Gasteiger partial charge in [0.25, 0.3) is 5.91 Å². The molecule has 32 heavy (non-hydrogen) atoms. The van der Waals surface area contributed by atoms with Crippen molar-refractivity contribution in [3.8, 4) is 23.0 Å². The normalized spacial score (nSPS) is 11.7. The van der Waals surface area contributed by atoms with Crippen LogP contribution in [0.3, 0.4) is 0 Å². The Balaban J connectivity index is 2.35. The topological polar surface area (TPSA) is 108 Å². The Hall–Kier alpha value is -3.33. The van der Waals surface area contributed by atoms with Crippen LogP contribution in [0.15, 0.2) is 40.6 Å². The largest absolute Gasteiger partial charge is 0.493 e. The Morgan fingerprint density at radius 2 is 1.72 bits per heavy atom. The molecule has 0 radical (unpaired) electrons. The summed E-state index contributed by atoms with van der Waals surface area (Å²) in [6.07, 6.45) is 0. The summed E-state index contributed by atoms with van der Waals surface area (Å²) in [6.45, 7) is 5.59. The third kappa shape index (κ3) is 6.10. The number of hydrogen-bond acceptors (Lipinski definition) is 8. The van der Waals surface area contributed by atoms with Gasteiger partial charge in [-0.15, -0.1) is 0 Å². The number of Topliss-reactive ketones (excluding diaryl/α,β-unsaturated/α-hetero) is 1. The van der Waals surface area contributed by atoms with E-state index in [0.29, 0.717) is 52.6 Å². The molecule has 2 rings (SSSR count). The van der Waals surface area contributed by atoms with E-state index >= 15 is 0 Å². The van der Waals surface area contributed by atoms with Crippen LogP contribution in [-0.2, 0) is 9.59 Å². The summed E-state index contributed by atoms with van der Waals surface area (Å²) >= 11 is 6.21. The van der Waals surface area contributed by atoms with Gasteiger partial charge in [0, 0.05) is 12.1 Å². The van der Waals surface area contributed by atoms with Crippen molar-refractivity contribution in [2.75, 3.05) is 32.8 Å². The molecule has 0 saturated carbocycles. The van der Waals surface area contributed by atoms with Crippen LogP contribution in [0.4, 0.5) is 11.4 Å². The average molecular weight is 464 g/mol. The van der Waals surface area contributed by atoms with Gasteiger partial charge < -0.3 is 24.3 Å². The highest BCUT2D eigenvalue weighted by molar-refractivity contribution is 6.32. The number of carbonyl (C=O) groups excluding carboxylic acids is 2. The van der Waals surface area contributed by atoms with E-state index in [9.17, 15) is 9.59 Å². The number of ketones is 1. The summed E-state index contributed by atoms with van der Waals surface area (Å²) in [4.78, 5) is 25.1. The summed E-state index contributed by atoms with van der Waals surface area (Å²) in [5.74, 6) is 0.301. The minimum atomic E-state index is -1.40. The van der Waals surface area contributed by atoms with Crippen molar-refractivity contribution >= 4 is 34.7 Å². The van der Waals surface area contributed by atoms with E-state index in [2.05, 4.69) is 15.5 Å². The number of carbonyl (C=O) groups is 2. The second-order valence-corrected chi connectivity index (χ2v) is 6.78. The summed E-state index contributed by atoms with van der Waals surface area (Å²) in [5.41, 5.74) is 0.608. The predicted octanol–water partition coefficient (Wildman–Crippen LogP) is 4.83. The average Bonchev–Trinajstić information content (AvgIpc) is 2.76. The number of nitrogens with zero attached hydrogens (tertiary/aromatic N) is 2. The molecular weight excluding hydrogens is 438 g/mol. The molecule has 1 N–H and O–H groups in total. The molecule has 1 atom stereocenters. The number of nitrogens with one attached hydrogen (secondary N) is 1. The van der Waals surface area contributed by atoms with Crippen LogP contribution in [0.2, 0.25) is 5.02 Å². The highest BCUT2D eigenvalue weighted by Crippen LogP contribution is 2.38. The van der Waals surface area contributed by atoms with Crippen molar-refractivity contribution in [1.29, 1.82) is 0 Å². The fourth-order valence-corrected chi connectivity index (χ4v) is 2.97. The second kappa shape index (κ2) is 11.9. The first kappa shape index (κ1) is 24.9. The molecule has 0 spiro atoms. The summed E-state index contributed by atoms with van der Waals surface area (Å²) < 4.78 is 21.6. The van der Waals surface area contributed by atoms with Gasteiger partial charge in [-0.05, 0) is 32.9 Å². The van der Waals surface area contributed by atoms with Crippen LogP contribution in [0.25, 0.3) is 0 Å². The lowest BCUT2D eigenvalue weighted by Gasteiger charge is -2.16. The summed E-state index contributed by atoms with van der Waals surface area (Å²) in [7, 11) is 2.95. The molecule has 10 heteroatoms. The van der Waals surface area contributed by atoms with Crippen molar-refractivity contribution in [2.24, 2.45) is 10.2 Å². The molecule has 2 aromatic rings.